The van der Waals surface area contributed by atoms with Crippen LogP contribution >= 0.6 is 0 Å². The maximum Gasteiger partial charge on any atom is 0.425 e. The lowest BCUT2D eigenvalue weighted by atomic mass is 9.84. The van der Waals surface area contributed by atoms with Gasteiger partial charge in [-0.3, -0.25) is 0 Å². The average Bonchev–Trinajstić information content (AvgIpc) is 2.65. The number of hydrogen-bond acceptors (Lipinski definition) is 3. The monoisotopic (exact) mass is 380 g/mol. The van der Waals surface area contributed by atoms with Crippen LogP contribution in [-0.4, -0.2) is 43.2 Å². The molecule has 0 amide bonds. The van der Waals surface area contributed by atoms with Crippen molar-refractivity contribution in [2.24, 2.45) is 4.99 Å². The van der Waals surface area contributed by atoms with Crippen LogP contribution in [0, 0.1) is 6.92 Å². The smallest absolute Gasteiger partial charge is 0.425 e. The molecule has 4 nitrogen and oxygen atoms in total. The van der Waals surface area contributed by atoms with Gasteiger partial charge in [0, 0.05) is 25.2 Å². The highest BCUT2D eigenvalue weighted by molar-refractivity contribution is 5.66. The molecule has 0 spiro atoms. The first-order chi connectivity index (χ1) is 12.6. The number of methoxy groups -OCH3 is 1. The van der Waals surface area contributed by atoms with Crippen LogP contribution in [-0.2, 0) is 5.60 Å². The summed E-state index contributed by atoms with van der Waals surface area (Å²) in [7, 11) is 3.10. The molecule has 2 rings (SSSR count). The van der Waals surface area contributed by atoms with Crippen LogP contribution in [0.1, 0.15) is 23.6 Å². The number of alkyl halides is 3. The van der Waals surface area contributed by atoms with Gasteiger partial charge in [0.15, 0.2) is 0 Å². The largest absolute Gasteiger partial charge is 0.496 e. The zero-order chi connectivity index (χ0) is 20.2. The van der Waals surface area contributed by atoms with Crippen LogP contribution in [0.25, 0.3) is 0 Å². The Morgan fingerprint density at radius 3 is 2.33 bits per heavy atom. The molecule has 2 aromatic carbocycles. The molecule has 0 saturated heterocycles. The van der Waals surface area contributed by atoms with E-state index in [0.29, 0.717) is 11.3 Å². The molecule has 0 saturated carbocycles. The van der Waals surface area contributed by atoms with Gasteiger partial charge < -0.3 is 14.7 Å². The second-order valence-electron chi connectivity index (χ2n) is 6.23. The van der Waals surface area contributed by atoms with Crippen LogP contribution < -0.4 is 4.74 Å². The summed E-state index contributed by atoms with van der Waals surface area (Å²) in [5.74, 6) is -0.0874. The number of nitrogens with zero attached hydrogens (tertiary/aromatic N) is 2. The second kappa shape index (κ2) is 8.00. The van der Waals surface area contributed by atoms with Gasteiger partial charge in [0.1, 0.15) is 5.75 Å². The summed E-state index contributed by atoms with van der Waals surface area (Å²) in [5, 5.41) is 10.8. The van der Waals surface area contributed by atoms with E-state index in [4.69, 9.17) is 4.74 Å². The van der Waals surface area contributed by atoms with Gasteiger partial charge in [-0.2, -0.15) is 13.2 Å². The van der Waals surface area contributed by atoms with Gasteiger partial charge in [-0.1, -0.05) is 30.3 Å². The molecule has 0 aliphatic rings. The normalized spacial score (nSPS) is 14.2. The van der Waals surface area contributed by atoms with Crippen molar-refractivity contribution in [3.63, 3.8) is 0 Å². The predicted octanol–water partition coefficient (Wildman–Crippen LogP) is 4.41. The van der Waals surface area contributed by atoms with Crippen molar-refractivity contribution < 1.29 is 23.0 Å². The summed E-state index contributed by atoms with van der Waals surface area (Å²) >= 11 is 0. The van der Waals surface area contributed by atoms with Gasteiger partial charge in [0.25, 0.3) is 0 Å². The molecule has 0 aromatic heterocycles. The summed E-state index contributed by atoms with van der Waals surface area (Å²) in [6.45, 7) is 4.33. The van der Waals surface area contributed by atoms with Crippen LogP contribution in [0.3, 0.4) is 0 Å². The van der Waals surface area contributed by atoms with Crippen molar-refractivity contribution >= 4 is 12.0 Å². The quantitative estimate of drug-likeness (QED) is 0.596. The number of halogens is 3. The van der Waals surface area contributed by atoms with E-state index in [1.54, 1.807) is 19.3 Å². The molecule has 2 aromatic rings. The Morgan fingerprint density at radius 1 is 1.19 bits per heavy atom. The van der Waals surface area contributed by atoms with Gasteiger partial charge in [0.05, 0.1) is 19.1 Å². The first-order valence-corrected chi connectivity index (χ1v) is 8.43. The number of ether oxygens (including phenoxy) is 1. The van der Waals surface area contributed by atoms with Crippen molar-refractivity contribution in [3.8, 4) is 5.75 Å². The average molecular weight is 380 g/mol. The van der Waals surface area contributed by atoms with E-state index in [1.165, 1.54) is 43.5 Å². The van der Waals surface area contributed by atoms with Crippen LogP contribution in [0.4, 0.5) is 18.9 Å². The van der Waals surface area contributed by atoms with Crippen molar-refractivity contribution in [1.29, 1.82) is 0 Å². The van der Waals surface area contributed by atoms with E-state index in [9.17, 15) is 18.3 Å². The lowest BCUT2D eigenvalue weighted by Crippen LogP contribution is -2.43. The number of aliphatic hydroxyl groups is 1. The van der Waals surface area contributed by atoms with Crippen LogP contribution in [0.5, 0.6) is 5.75 Å². The molecule has 0 heterocycles. The minimum Gasteiger partial charge on any atom is -0.496 e. The molecule has 0 fully saturated rings. The minimum atomic E-state index is -4.94. The van der Waals surface area contributed by atoms with Gasteiger partial charge >= 0.3 is 6.18 Å². The third kappa shape index (κ3) is 4.08. The van der Waals surface area contributed by atoms with Crippen molar-refractivity contribution in [2.75, 3.05) is 20.7 Å². The summed E-state index contributed by atoms with van der Waals surface area (Å²) in [5.41, 5.74) is -2.90. The standard InChI is InChI=1S/C20H23F3N2O2/c1-5-25(3)13-24-17-12-18(27-4)16(11-14(17)2)19(26,20(21,22)23)15-9-7-6-8-10-15/h6-13,26H,5H2,1-4H3/b24-13+. The molecular formula is C20H23F3N2O2. The Hall–Kier alpha value is -2.54. The van der Waals surface area contributed by atoms with Crippen LogP contribution in [0.2, 0.25) is 0 Å². The van der Waals surface area contributed by atoms with Crippen molar-refractivity contribution in [1.82, 2.24) is 4.90 Å². The number of aryl methyl sites for hydroxylation is 1. The lowest BCUT2D eigenvalue weighted by molar-refractivity contribution is -0.248. The SMILES string of the molecule is CCN(C)/C=N/c1cc(OC)c(C(O)(c2ccccc2)C(F)(F)F)cc1C. The fourth-order valence-corrected chi connectivity index (χ4v) is 2.66. The number of benzene rings is 2. The third-order valence-corrected chi connectivity index (χ3v) is 4.40. The molecule has 7 heteroatoms. The molecule has 0 bridgehead atoms. The summed E-state index contributed by atoms with van der Waals surface area (Å²) in [6.07, 6.45) is -3.35. The summed E-state index contributed by atoms with van der Waals surface area (Å²) in [4.78, 5) is 6.13. The number of rotatable bonds is 6. The van der Waals surface area contributed by atoms with E-state index in [2.05, 4.69) is 4.99 Å². The Labute approximate surface area is 156 Å². The summed E-state index contributed by atoms with van der Waals surface area (Å²) < 4.78 is 47.1. The zero-order valence-electron chi connectivity index (χ0n) is 15.7. The highest BCUT2D eigenvalue weighted by Crippen LogP contribution is 2.48. The first-order valence-electron chi connectivity index (χ1n) is 8.43. The Balaban J connectivity index is 2.68. The second-order valence-corrected chi connectivity index (χ2v) is 6.23. The number of aliphatic imine (C=N–C) groups is 1. The topological polar surface area (TPSA) is 45.1 Å². The Bertz CT molecular complexity index is 807. The van der Waals surface area contributed by atoms with E-state index >= 15 is 0 Å². The highest BCUT2D eigenvalue weighted by Gasteiger charge is 2.57. The summed E-state index contributed by atoms with van der Waals surface area (Å²) in [6, 6.07) is 9.65. The van der Waals surface area contributed by atoms with E-state index in [1.807, 2.05) is 18.9 Å². The van der Waals surface area contributed by atoms with E-state index in [-0.39, 0.29) is 16.9 Å². The van der Waals surface area contributed by atoms with Crippen molar-refractivity contribution in [2.45, 2.75) is 25.6 Å². The molecular weight excluding hydrogens is 357 g/mol. The zero-order valence-corrected chi connectivity index (χ0v) is 15.7. The van der Waals surface area contributed by atoms with E-state index in [0.717, 1.165) is 6.54 Å². The molecule has 0 aliphatic heterocycles. The fourth-order valence-electron chi connectivity index (χ4n) is 2.66. The molecule has 1 unspecified atom stereocenters. The molecule has 1 N–H and O–H groups in total. The van der Waals surface area contributed by atoms with Gasteiger partial charge in [-0.15, -0.1) is 0 Å². The molecule has 1 atom stereocenters. The molecule has 0 aliphatic carbocycles. The van der Waals surface area contributed by atoms with Gasteiger partial charge in [-0.25, -0.2) is 4.99 Å². The molecule has 27 heavy (non-hydrogen) atoms. The van der Waals surface area contributed by atoms with Crippen molar-refractivity contribution in [3.05, 3.63) is 59.2 Å². The third-order valence-electron chi connectivity index (χ3n) is 4.40. The van der Waals surface area contributed by atoms with Gasteiger partial charge in [-0.05, 0) is 31.0 Å². The minimum absolute atomic E-state index is 0.0874. The Kier molecular flexibility index (Phi) is 6.15. The predicted molar refractivity (Wildman–Crippen MR) is 99.7 cm³/mol. The maximum absolute atomic E-state index is 14.0. The maximum atomic E-state index is 14.0. The molecule has 146 valence electrons. The Morgan fingerprint density at radius 2 is 1.81 bits per heavy atom. The molecule has 0 radical (unpaired) electrons. The fraction of sp³-hybridized carbons (Fsp3) is 0.350. The number of hydrogen-bond donors (Lipinski definition) is 1. The van der Waals surface area contributed by atoms with Crippen LogP contribution in [0.15, 0.2) is 47.5 Å². The first kappa shape index (κ1) is 20.8. The highest BCUT2D eigenvalue weighted by atomic mass is 19.4. The lowest BCUT2D eigenvalue weighted by Gasteiger charge is -2.33. The van der Waals surface area contributed by atoms with Gasteiger partial charge in [0.2, 0.25) is 5.60 Å². The van der Waals surface area contributed by atoms with E-state index < -0.39 is 11.8 Å².